The van der Waals surface area contributed by atoms with Gasteiger partial charge < -0.3 is 25.0 Å². The lowest BCUT2D eigenvalue weighted by Crippen LogP contribution is -2.50. The summed E-state index contributed by atoms with van der Waals surface area (Å²) in [5, 5.41) is 24.7. The molecule has 3 N–H and O–H groups in total. The third kappa shape index (κ3) is 8.71. The van der Waals surface area contributed by atoms with Crippen LogP contribution in [0.4, 0.5) is 0 Å². The van der Waals surface area contributed by atoms with E-state index in [9.17, 15) is 23.4 Å². The van der Waals surface area contributed by atoms with Gasteiger partial charge in [-0.1, -0.05) is 38.5 Å². The second-order valence-electron chi connectivity index (χ2n) is 10.4. The number of carbonyl (C=O) groups excluding carboxylic acids is 1. The monoisotopic (exact) mass is 574 g/mol. The number of allylic oxidation sites excluding steroid dienone is 2. The van der Waals surface area contributed by atoms with Crippen molar-refractivity contribution in [2.24, 2.45) is 5.92 Å². The maximum absolute atomic E-state index is 13.6. The van der Waals surface area contributed by atoms with Gasteiger partial charge in [0.25, 0.3) is 5.91 Å². The normalized spacial score (nSPS) is 19.1. The minimum Gasteiger partial charge on any atom is -0.504 e. The number of fused-ring (bicyclic) bond motifs is 1. The summed E-state index contributed by atoms with van der Waals surface area (Å²) in [5.74, 6) is -0.00973. The fraction of sp³-hybridized carbons (Fsp3) is 0.500. The highest BCUT2D eigenvalue weighted by Crippen LogP contribution is 2.31. The smallest absolute Gasteiger partial charge is 0.255 e. The van der Waals surface area contributed by atoms with Gasteiger partial charge in [-0.25, -0.2) is 8.42 Å². The van der Waals surface area contributed by atoms with Crippen molar-refractivity contribution in [1.82, 2.24) is 9.62 Å². The first-order chi connectivity index (χ1) is 19.1. The Balaban J connectivity index is 1.88. The Hall–Kier alpha value is -3.08. The molecule has 40 heavy (non-hydrogen) atoms. The van der Waals surface area contributed by atoms with Gasteiger partial charge >= 0.3 is 0 Å². The number of nitrogens with zero attached hydrogens (tertiary/aromatic N) is 1. The van der Waals surface area contributed by atoms with Gasteiger partial charge in [-0.15, -0.1) is 0 Å². The van der Waals surface area contributed by atoms with E-state index in [2.05, 4.69) is 17.5 Å². The van der Waals surface area contributed by atoms with Crippen molar-refractivity contribution in [2.45, 2.75) is 69.4 Å². The molecule has 0 bridgehead atoms. The number of aromatic hydroxyl groups is 1. The Labute approximate surface area is 237 Å². The zero-order valence-electron chi connectivity index (χ0n) is 23.6. The van der Waals surface area contributed by atoms with Crippen LogP contribution in [0.5, 0.6) is 17.2 Å². The summed E-state index contributed by atoms with van der Waals surface area (Å²) in [5.41, 5.74) is 0.160. The molecule has 3 rings (SSSR count). The Morgan fingerprint density at radius 1 is 1.05 bits per heavy atom. The summed E-state index contributed by atoms with van der Waals surface area (Å²) in [7, 11) is -2.42. The molecule has 1 aliphatic rings. The molecule has 0 unspecified atom stereocenters. The van der Waals surface area contributed by atoms with E-state index in [1.54, 1.807) is 24.3 Å². The van der Waals surface area contributed by atoms with Crippen molar-refractivity contribution in [3.8, 4) is 17.2 Å². The van der Waals surface area contributed by atoms with Crippen LogP contribution in [-0.4, -0.2) is 67.8 Å². The van der Waals surface area contributed by atoms with E-state index in [0.29, 0.717) is 18.8 Å². The van der Waals surface area contributed by atoms with Gasteiger partial charge in [0, 0.05) is 13.1 Å². The average Bonchev–Trinajstić information content (AvgIpc) is 2.93. The first-order valence-electron chi connectivity index (χ1n) is 13.9. The van der Waals surface area contributed by atoms with E-state index in [4.69, 9.17) is 9.47 Å². The van der Waals surface area contributed by atoms with Crippen LogP contribution in [0.25, 0.3) is 0 Å². The van der Waals surface area contributed by atoms with E-state index in [0.717, 1.165) is 32.1 Å². The first-order valence-corrected chi connectivity index (χ1v) is 15.3. The van der Waals surface area contributed by atoms with Gasteiger partial charge in [-0.2, -0.15) is 4.31 Å². The number of hydrogen-bond acceptors (Lipinski definition) is 7. The van der Waals surface area contributed by atoms with E-state index in [1.807, 2.05) is 13.8 Å². The van der Waals surface area contributed by atoms with E-state index in [1.165, 1.54) is 29.6 Å². The van der Waals surface area contributed by atoms with Crippen molar-refractivity contribution in [2.75, 3.05) is 26.8 Å². The second kappa shape index (κ2) is 15.1. The van der Waals surface area contributed by atoms with Crippen LogP contribution in [0.15, 0.2) is 59.5 Å². The lowest BCUT2D eigenvalue weighted by molar-refractivity contribution is 0.0751. The standard InChI is InChI=1S/C30H42N2O7S/c1-22(2)20-32(40(36,37)24-17-15-23(38-3)16-18-24)21-28(34)26-13-9-7-5-4-6-8-10-19-39-29-25(30(35)31-26)12-11-14-27(29)33/h4,6,11-12,14-18,22,26,28,33-34H,5,7-10,13,19-21H2,1-3H3,(H,31,35)/b6-4+/t26-,28+/m0/s1. The largest absolute Gasteiger partial charge is 0.504 e. The van der Waals surface area contributed by atoms with Crippen LogP contribution < -0.4 is 14.8 Å². The predicted molar refractivity (Wildman–Crippen MR) is 154 cm³/mol. The number of benzene rings is 2. The van der Waals surface area contributed by atoms with Crippen molar-refractivity contribution in [3.05, 3.63) is 60.2 Å². The molecule has 0 aliphatic carbocycles. The molecular weight excluding hydrogens is 532 g/mol. The number of amides is 1. The number of para-hydroxylation sites is 1. The second-order valence-corrected chi connectivity index (χ2v) is 12.4. The van der Waals surface area contributed by atoms with E-state index in [-0.39, 0.29) is 41.0 Å². The van der Waals surface area contributed by atoms with Crippen LogP contribution >= 0.6 is 0 Å². The number of nitrogens with one attached hydrogen (secondary N) is 1. The lowest BCUT2D eigenvalue weighted by Gasteiger charge is -2.31. The lowest BCUT2D eigenvalue weighted by atomic mass is 10.0. The van der Waals surface area contributed by atoms with Crippen LogP contribution in [0.2, 0.25) is 0 Å². The van der Waals surface area contributed by atoms with Crippen LogP contribution in [0, 0.1) is 5.92 Å². The zero-order valence-corrected chi connectivity index (χ0v) is 24.4. The SMILES string of the molecule is COc1ccc(S(=O)(=O)N(CC(C)C)C[C@@H](O)[C@@H]2CCCC/C=C/CCCOc3c(O)cccc3C(=O)N2)cc1. The third-order valence-corrected chi connectivity index (χ3v) is 8.59. The molecular formula is C30H42N2O7S. The molecule has 10 heteroatoms. The fourth-order valence-corrected chi connectivity index (χ4v) is 6.23. The molecule has 2 aromatic carbocycles. The summed E-state index contributed by atoms with van der Waals surface area (Å²) in [6, 6.07) is 9.99. The van der Waals surface area contributed by atoms with Crippen molar-refractivity contribution < 1.29 is 32.9 Å². The topological polar surface area (TPSA) is 125 Å². The molecule has 0 saturated carbocycles. The molecule has 220 valence electrons. The number of sulfonamides is 1. The number of rotatable bonds is 8. The van der Waals surface area contributed by atoms with Gasteiger partial charge in [-0.05, 0) is 74.4 Å². The number of phenolic OH excluding ortho intramolecular Hbond substituents is 1. The molecule has 1 heterocycles. The van der Waals surface area contributed by atoms with Crippen molar-refractivity contribution >= 4 is 15.9 Å². The number of aliphatic hydroxyl groups is 1. The van der Waals surface area contributed by atoms with Gasteiger partial charge in [0.1, 0.15) is 5.75 Å². The minimum atomic E-state index is -3.93. The van der Waals surface area contributed by atoms with Gasteiger partial charge in [0.05, 0.1) is 36.3 Å². The highest BCUT2D eigenvalue weighted by Gasteiger charge is 2.31. The molecule has 0 fully saturated rings. The van der Waals surface area contributed by atoms with Gasteiger partial charge in [0.2, 0.25) is 10.0 Å². The molecule has 1 aliphatic heterocycles. The summed E-state index contributed by atoms with van der Waals surface area (Å²) in [6.45, 7) is 4.15. The van der Waals surface area contributed by atoms with E-state index < -0.39 is 28.1 Å². The Kier molecular flexibility index (Phi) is 11.8. The van der Waals surface area contributed by atoms with Crippen LogP contribution in [0.1, 0.15) is 62.7 Å². The molecule has 0 saturated heterocycles. The summed E-state index contributed by atoms with van der Waals surface area (Å²) in [4.78, 5) is 13.5. The number of methoxy groups -OCH3 is 1. The number of hydrogen-bond donors (Lipinski definition) is 3. The molecule has 0 radical (unpaired) electrons. The quantitative estimate of drug-likeness (QED) is 0.397. The average molecular weight is 575 g/mol. The van der Waals surface area contributed by atoms with E-state index >= 15 is 0 Å². The Bertz CT molecular complexity index is 1230. The highest BCUT2D eigenvalue weighted by molar-refractivity contribution is 7.89. The molecule has 1 amide bonds. The van der Waals surface area contributed by atoms with Crippen LogP contribution in [0.3, 0.4) is 0 Å². The Morgan fingerprint density at radius 2 is 1.75 bits per heavy atom. The van der Waals surface area contributed by atoms with Gasteiger partial charge in [-0.3, -0.25) is 4.79 Å². The summed E-state index contributed by atoms with van der Waals surface area (Å²) >= 11 is 0. The number of ether oxygens (including phenoxy) is 2. The molecule has 0 spiro atoms. The van der Waals surface area contributed by atoms with Crippen LogP contribution in [-0.2, 0) is 10.0 Å². The fourth-order valence-electron chi connectivity index (χ4n) is 4.61. The number of carbonyl (C=O) groups is 1. The minimum absolute atomic E-state index is 0.00142. The maximum atomic E-state index is 13.6. The Morgan fingerprint density at radius 3 is 2.42 bits per heavy atom. The zero-order chi connectivity index (χ0) is 29.1. The number of aliphatic hydroxyl groups excluding tert-OH is 1. The highest BCUT2D eigenvalue weighted by atomic mass is 32.2. The predicted octanol–water partition coefficient (Wildman–Crippen LogP) is 4.50. The first kappa shape index (κ1) is 31.4. The molecule has 2 atom stereocenters. The molecule has 9 nitrogen and oxygen atoms in total. The summed E-state index contributed by atoms with van der Waals surface area (Å²) in [6.07, 6.45) is 7.50. The van der Waals surface area contributed by atoms with Gasteiger partial charge in [0.15, 0.2) is 11.5 Å². The molecule has 0 aromatic heterocycles. The third-order valence-electron chi connectivity index (χ3n) is 6.74. The maximum Gasteiger partial charge on any atom is 0.255 e. The van der Waals surface area contributed by atoms with Crippen molar-refractivity contribution in [1.29, 1.82) is 0 Å². The number of phenols is 1. The summed E-state index contributed by atoms with van der Waals surface area (Å²) < 4.78 is 39.4. The van der Waals surface area contributed by atoms with Crippen molar-refractivity contribution in [3.63, 3.8) is 0 Å². The molecule has 2 aromatic rings.